The van der Waals surface area contributed by atoms with E-state index in [4.69, 9.17) is 9.47 Å². The number of esters is 2. The molecule has 1 aliphatic rings. The van der Waals surface area contributed by atoms with Crippen molar-refractivity contribution in [3.63, 3.8) is 0 Å². The molecule has 19 heavy (non-hydrogen) atoms. The van der Waals surface area contributed by atoms with Gasteiger partial charge < -0.3 is 9.47 Å². The number of hydrogen-bond acceptors (Lipinski definition) is 4. The van der Waals surface area contributed by atoms with E-state index >= 15 is 0 Å². The van der Waals surface area contributed by atoms with Crippen LogP contribution in [-0.2, 0) is 19.1 Å². The van der Waals surface area contributed by atoms with Gasteiger partial charge in [0, 0.05) is 12.5 Å². The first kappa shape index (κ1) is 15.7. The lowest BCUT2D eigenvalue weighted by Gasteiger charge is -2.27. The van der Waals surface area contributed by atoms with Crippen LogP contribution in [0.3, 0.4) is 0 Å². The molecule has 0 bridgehead atoms. The van der Waals surface area contributed by atoms with E-state index in [0.717, 1.165) is 32.1 Å². The molecule has 0 spiro atoms. The van der Waals surface area contributed by atoms with E-state index in [-0.39, 0.29) is 11.9 Å². The molecule has 0 N–H and O–H groups in total. The van der Waals surface area contributed by atoms with E-state index in [0.29, 0.717) is 30.6 Å². The molecule has 0 unspecified atom stereocenters. The molecule has 0 aliphatic heterocycles. The van der Waals surface area contributed by atoms with Crippen molar-refractivity contribution in [1.82, 2.24) is 0 Å². The molecule has 0 amide bonds. The zero-order valence-corrected chi connectivity index (χ0v) is 11.9. The number of carbonyl (C=O) groups is 2. The van der Waals surface area contributed by atoms with E-state index in [9.17, 15) is 9.59 Å². The van der Waals surface area contributed by atoms with Gasteiger partial charge in [0.25, 0.3) is 0 Å². The SMILES string of the molecule is C=C(C)C(=O)OCCC1CCC(COC(C)=O)CC1. The Bertz CT molecular complexity index is 327. The van der Waals surface area contributed by atoms with Crippen LogP contribution in [0.2, 0.25) is 0 Å². The third-order valence-electron chi connectivity index (χ3n) is 3.60. The third kappa shape index (κ3) is 6.41. The van der Waals surface area contributed by atoms with Crippen molar-refractivity contribution in [2.75, 3.05) is 13.2 Å². The monoisotopic (exact) mass is 268 g/mol. The van der Waals surface area contributed by atoms with Gasteiger partial charge in [-0.3, -0.25) is 4.79 Å². The van der Waals surface area contributed by atoms with Crippen LogP contribution < -0.4 is 0 Å². The molecule has 4 nitrogen and oxygen atoms in total. The van der Waals surface area contributed by atoms with Crippen LogP contribution in [0.5, 0.6) is 0 Å². The fourth-order valence-electron chi connectivity index (χ4n) is 2.36. The van der Waals surface area contributed by atoms with Crippen molar-refractivity contribution in [3.8, 4) is 0 Å². The van der Waals surface area contributed by atoms with Crippen LogP contribution in [0.1, 0.15) is 46.0 Å². The Balaban J connectivity index is 2.11. The van der Waals surface area contributed by atoms with E-state index in [1.54, 1.807) is 6.92 Å². The zero-order chi connectivity index (χ0) is 14.3. The van der Waals surface area contributed by atoms with Crippen LogP contribution in [0.4, 0.5) is 0 Å². The Kier molecular flexibility index (Phi) is 6.60. The predicted octanol–water partition coefficient (Wildman–Crippen LogP) is 2.87. The molecule has 0 aromatic rings. The lowest BCUT2D eigenvalue weighted by Crippen LogP contribution is -2.21. The quantitative estimate of drug-likeness (QED) is 0.549. The summed E-state index contributed by atoms with van der Waals surface area (Å²) in [7, 11) is 0. The molecule has 1 saturated carbocycles. The minimum absolute atomic E-state index is 0.200. The number of hydrogen-bond donors (Lipinski definition) is 0. The summed E-state index contributed by atoms with van der Waals surface area (Å²) in [5, 5.41) is 0. The molecule has 0 aromatic heterocycles. The second-order valence-electron chi connectivity index (χ2n) is 5.39. The van der Waals surface area contributed by atoms with Gasteiger partial charge in [0.1, 0.15) is 0 Å². The average Bonchev–Trinajstić information content (AvgIpc) is 2.37. The molecule has 1 rings (SSSR count). The molecule has 4 heteroatoms. The van der Waals surface area contributed by atoms with Crippen molar-refractivity contribution in [1.29, 1.82) is 0 Å². The maximum absolute atomic E-state index is 11.2. The van der Waals surface area contributed by atoms with Crippen LogP contribution >= 0.6 is 0 Å². The molecule has 108 valence electrons. The summed E-state index contributed by atoms with van der Waals surface area (Å²) in [6, 6.07) is 0. The maximum atomic E-state index is 11.2. The lowest BCUT2D eigenvalue weighted by molar-refractivity contribution is -0.142. The highest BCUT2D eigenvalue weighted by molar-refractivity contribution is 5.86. The van der Waals surface area contributed by atoms with Gasteiger partial charge in [0.2, 0.25) is 0 Å². The topological polar surface area (TPSA) is 52.6 Å². The van der Waals surface area contributed by atoms with Crippen molar-refractivity contribution in [3.05, 3.63) is 12.2 Å². The Hall–Kier alpha value is -1.32. The standard InChI is InChI=1S/C15H24O4/c1-11(2)15(17)18-9-8-13-4-6-14(7-5-13)10-19-12(3)16/h13-14H,1,4-10H2,2-3H3. The predicted molar refractivity (Wildman–Crippen MR) is 72.5 cm³/mol. The number of carbonyl (C=O) groups excluding carboxylic acids is 2. The highest BCUT2D eigenvalue weighted by atomic mass is 16.5. The summed E-state index contributed by atoms with van der Waals surface area (Å²) >= 11 is 0. The summed E-state index contributed by atoms with van der Waals surface area (Å²) in [6.45, 7) is 7.68. The first-order chi connectivity index (χ1) is 8.99. The minimum Gasteiger partial charge on any atom is -0.466 e. The van der Waals surface area contributed by atoms with E-state index < -0.39 is 0 Å². The highest BCUT2D eigenvalue weighted by Crippen LogP contribution is 2.30. The zero-order valence-electron chi connectivity index (χ0n) is 11.9. The van der Waals surface area contributed by atoms with Crippen LogP contribution in [0, 0.1) is 11.8 Å². The van der Waals surface area contributed by atoms with E-state index in [1.807, 2.05) is 0 Å². The van der Waals surface area contributed by atoms with Crippen molar-refractivity contribution >= 4 is 11.9 Å². The van der Waals surface area contributed by atoms with Gasteiger partial charge in [-0.15, -0.1) is 0 Å². The first-order valence-electron chi connectivity index (χ1n) is 6.95. The van der Waals surface area contributed by atoms with Gasteiger partial charge in [0.15, 0.2) is 0 Å². The van der Waals surface area contributed by atoms with Crippen molar-refractivity contribution < 1.29 is 19.1 Å². The molecule has 0 saturated heterocycles. The minimum atomic E-state index is -0.302. The van der Waals surface area contributed by atoms with E-state index in [2.05, 4.69) is 6.58 Å². The molecule has 1 fully saturated rings. The Morgan fingerprint density at radius 1 is 1.05 bits per heavy atom. The summed E-state index contributed by atoms with van der Waals surface area (Å²) in [5.74, 6) is 0.613. The molecule has 0 radical (unpaired) electrons. The molecule has 0 heterocycles. The van der Waals surface area contributed by atoms with Gasteiger partial charge >= 0.3 is 11.9 Å². The number of ether oxygens (including phenoxy) is 2. The highest BCUT2D eigenvalue weighted by Gasteiger charge is 2.22. The second kappa shape index (κ2) is 7.97. The average molecular weight is 268 g/mol. The molecule has 1 aliphatic carbocycles. The summed E-state index contributed by atoms with van der Waals surface area (Å²) in [5.41, 5.74) is 0.449. The van der Waals surface area contributed by atoms with Gasteiger partial charge in [-0.25, -0.2) is 4.79 Å². The van der Waals surface area contributed by atoms with Gasteiger partial charge in [0.05, 0.1) is 13.2 Å². The van der Waals surface area contributed by atoms with Crippen LogP contribution in [0.25, 0.3) is 0 Å². The third-order valence-corrected chi connectivity index (χ3v) is 3.60. The lowest BCUT2D eigenvalue weighted by atomic mass is 9.81. The van der Waals surface area contributed by atoms with Crippen LogP contribution in [-0.4, -0.2) is 25.2 Å². The molecule has 0 atom stereocenters. The first-order valence-corrected chi connectivity index (χ1v) is 6.95. The number of rotatable bonds is 6. The summed E-state index contributed by atoms with van der Waals surface area (Å²) in [6.07, 6.45) is 5.34. The fraction of sp³-hybridized carbons (Fsp3) is 0.733. The molecule has 0 aromatic carbocycles. The maximum Gasteiger partial charge on any atom is 0.333 e. The van der Waals surface area contributed by atoms with E-state index in [1.165, 1.54) is 6.92 Å². The molecular weight excluding hydrogens is 244 g/mol. The smallest absolute Gasteiger partial charge is 0.333 e. The fourth-order valence-corrected chi connectivity index (χ4v) is 2.36. The van der Waals surface area contributed by atoms with Gasteiger partial charge in [-0.2, -0.15) is 0 Å². The van der Waals surface area contributed by atoms with Crippen LogP contribution in [0.15, 0.2) is 12.2 Å². The van der Waals surface area contributed by atoms with Crippen molar-refractivity contribution in [2.24, 2.45) is 11.8 Å². The van der Waals surface area contributed by atoms with Gasteiger partial charge in [-0.1, -0.05) is 6.58 Å². The summed E-state index contributed by atoms with van der Waals surface area (Å²) < 4.78 is 10.1. The second-order valence-corrected chi connectivity index (χ2v) is 5.39. The Morgan fingerprint density at radius 3 is 2.16 bits per heavy atom. The largest absolute Gasteiger partial charge is 0.466 e. The Labute approximate surface area is 115 Å². The summed E-state index contributed by atoms with van der Waals surface area (Å²) in [4.78, 5) is 21.9. The van der Waals surface area contributed by atoms with Crippen molar-refractivity contribution in [2.45, 2.75) is 46.0 Å². The normalized spacial score (nSPS) is 22.6. The van der Waals surface area contributed by atoms with Gasteiger partial charge in [-0.05, 0) is 50.9 Å². The molecular formula is C15H24O4. The Morgan fingerprint density at radius 2 is 1.63 bits per heavy atom.